The van der Waals surface area contributed by atoms with Crippen molar-refractivity contribution in [2.45, 2.75) is 0 Å². The van der Waals surface area contributed by atoms with Gasteiger partial charge in [-0.15, -0.1) is 0 Å². The fraction of sp³-hybridized carbons (Fsp3) is 0.0400. The standard InChI is InChI=1S/C25H18N4O2/c1-31-25(30)19(15-26)16-27-20-12-13-21-22(14-20)29-24(18-10-6-3-7-11-18)23(28-21)17-8-4-2-5-9-17/h2-14,16,27H,1H3/b19-16+. The molecular weight excluding hydrogens is 388 g/mol. The maximum Gasteiger partial charge on any atom is 0.350 e. The van der Waals surface area contributed by atoms with Gasteiger partial charge in [-0.05, 0) is 18.2 Å². The minimum absolute atomic E-state index is 0.127. The van der Waals surface area contributed by atoms with E-state index in [1.807, 2.05) is 84.9 Å². The fourth-order valence-corrected chi connectivity index (χ4v) is 3.14. The Morgan fingerprint density at radius 1 is 0.903 bits per heavy atom. The van der Waals surface area contributed by atoms with Gasteiger partial charge < -0.3 is 10.1 Å². The van der Waals surface area contributed by atoms with Gasteiger partial charge in [0.1, 0.15) is 6.07 Å². The summed E-state index contributed by atoms with van der Waals surface area (Å²) >= 11 is 0. The summed E-state index contributed by atoms with van der Waals surface area (Å²) in [5.41, 5.74) is 5.50. The number of esters is 1. The van der Waals surface area contributed by atoms with Crippen molar-refractivity contribution in [1.82, 2.24) is 9.97 Å². The highest BCUT2D eigenvalue weighted by Gasteiger charge is 2.13. The molecule has 0 spiro atoms. The highest BCUT2D eigenvalue weighted by atomic mass is 16.5. The molecule has 0 bridgehead atoms. The van der Waals surface area contributed by atoms with E-state index >= 15 is 0 Å². The van der Waals surface area contributed by atoms with Gasteiger partial charge in [0.25, 0.3) is 0 Å². The largest absolute Gasteiger partial charge is 0.465 e. The molecule has 0 aliphatic carbocycles. The first-order chi connectivity index (χ1) is 15.2. The van der Waals surface area contributed by atoms with Gasteiger partial charge in [-0.2, -0.15) is 5.26 Å². The molecule has 4 rings (SSSR count). The van der Waals surface area contributed by atoms with Crippen molar-refractivity contribution in [3.63, 3.8) is 0 Å². The zero-order valence-corrected chi connectivity index (χ0v) is 16.7. The van der Waals surface area contributed by atoms with E-state index in [0.717, 1.165) is 28.0 Å². The van der Waals surface area contributed by atoms with Crippen LogP contribution in [-0.4, -0.2) is 23.0 Å². The van der Waals surface area contributed by atoms with E-state index in [1.54, 1.807) is 0 Å². The molecule has 0 aliphatic heterocycles. The highest BCUT2D eigenvalue weighted by molar-refractivity contribution is 5.93. The summed E-state index contributed by atoms with van der Waals surface area (Å²) < 4.78 is 4.59. The molecule has 31 heavy (non-hydrogen) atoms. The Labute approximate surface area is 179 Å². The van der Waals surface area contributed by atoms with Crippen LogP contribution in [0.4, 0.5) is 5.69 Å². The third-order valence-electron chi connectivity index (χ3n) is 4.67. The van der Waals surface area contributed by atoms with Crippen LogP contribution in [0.5, 0.6) is 0 Å². The lowest BCUT2D eigenvalue weighted by Gasteiger charge is -2.11. The van der Waals surface area contributed by atoms with Gasteiger partial charge in [0.05, 0.1) is 29.5 Å². The third-order valence-corrected chi connectivity index (χ3v) is 4.67. The smallest absolute Gasteiger partial charge is 0.350 e. The molecule has 0 fully saturated rings. The summed E-state index contributed by atoms with van der Waals surface area (Å²) in [7, 11) is 1.23. The molecular formula is C25H18N4O2. The molecule has 6 nitrogen and oxygen atoms in total. The average molecular weight is 406 g/mol. The Kier molecular flexibility index (Phi) is 5.68. The maximum atomic E-state index is 11.6. The monoisotopic (exact) mass is 406 g/mol. The van der Waals surface area contributed by atoms with Crippen LogP contribution in [0.1, 0.15) is 0 Å². The van der Waals surface area contributed by atoms with Crippen molar-refractivity contribution in [3.8, 4) is 28.6 Å². The molecule has 0 radical (unpaired) electrons. The second-order valence-corrected chi connectivity index (χ2v) is 6.66. The highest BCUT2D eigenvalue weighted by Crippen LogP contribution is 2.31. The first kappa shape index (κ1) is 19.8. The van der Waals surface area contributed by atoms with Gasteiger partial charge >= 0.3 is 5.97 Å². The molecule has 1 heterocycles. The Bertz CT molecular complexity index is 1310. The summed E-state index contributed by atoms with van der Waals surface area (Å²) in [4.78, 5) is 21.4. The van der Waals surface area contributed by atoms with Crippen LogP contribution in [0.15, 0.2) is 90.6 Å². The minimum Gasteiger partial charge on any atom is -0.465 e. The number of benzene rings is 3. The Morgan fingerprint density at radius 2 is 1.48 bits per heavy atom. The second-order valence-electron chi connectivity index (χ2n) is 6.66. The quantitative estimate of drug-likeness (QED) is 0.286. The number of nitrogens with one attached hydrogen (secondary N) is 1. The summed E-state index contributed by atoms with van der Waals surface area (Å²) in [5.74, 6) is -0.700. The van der Waals surface area contributed by atoms with E-state index in [4.69, 9.17) is 15.2 Å². The minimum atomic E-state index is -0.700. The van der Waals surface area contributed by atoms with Crippen molar-refractivity contribution in [1.29, 1.82) is 5.26 Å². The Balaban J connectivity index is 1.81. The van der Waals surface area contributed by atoms with E-state index in [2.05, 4.69) is 10.1 Å². The lowest BCUT2D eigenvalue weighted by Crippen LogP contribution is -2.05. The van der Waals surface area contributed by atoms with Crippen LogP contribution in [0.25, 0.3) is 33.5 Å². The van der Waals surface area contributed by atoms with Crippen molar-refractivity contribution in [3.05, 3.63) is 90.6 Å². The Hall–Kier alpha value is -4.50. The zero-order valence-electron chi connectivity index (χ0n) is 16.7. The van der Waals surface area contributed by atoms with E-state index < -0.39 is 5.97 Å². The van der Waals surface area contributed by atoms with Crippen molar-refractivity contribution >= 4 is 22.7 Å². The number of methoxy groups -OCH3 is 1. The summed E-state index contributed by atoms with van der Waals surface area (Å²) in [5, 5.41) is 12.1. The molecule has 0 unspecified atom stereocenters. The van der Waals surface area contributed by atoms with Crippen LogP contribution < -0.4 is 5.32 Å². The van der Waals surface area contributed by atoms with Crippen molar-refractivity contribution < 1.29 is 9.53 Å². The van der Waals surface area contributed by atoms with E-state index in [-0.39, 0.29) is 5.57 Å². The van der Waals surface area contributed by atoms with Crippen LogP contribution in [0, 0.1) is 11.3 Å². The molecule has 1 N–H and O–H groups in total. The number of hydrogen-bond acceptors (Lipinski definition) is 6. The normalized spacial score (nSPS) is 11.0. The summed E-state index contributed by atoms with van der Waals surface area (Å²) in [6, 6.07) is 27.2. The van der Waals surface area contributed by atoms with Crippen LogP contribution in [-0.2, 0) is 9.53 Å². The lowest BCUT2D eigenvalue weighted by molar-refractivity contribution is -0.135. The first-order valence-corrected chi connectivity index (χ1v) is 9.57. The SMILES string of the molecule is COC(=O)/C(C#N)=C/Nc1ccc2nc(-c3ccccc3)c(-c3ccccc3)nc2c1. The van der Waals surface area contributed by atoms with Crippen molar-refractivity contribution in [2.75, 3.05) is 12.4 Å². The Morgan fingerprint density at radius 3 is 2.03 bits per heavy atom. The summed E-state index contributed by atoms with van der Waals surface area (Å²) in [6.45, 7) is 0. The van der Waals surface area contributed by atoms with Crippen LogP contribution in [0.2, 0.25) is 0 Å². The number of ether oxygens (including phenoxy) is 1. The fourth-order valence-electron chi connectivity index (χ4n) is 3.14. The molecule has 3 aromatic carbocycles. The molecule has 0 saturated carbocycles. The molecule has 0 saturated heterocycles. The number of aromatic nitrogens is 2. The number of carbonyl (C=O) groups is 1. The van der Waals surface area contributed by atoms with E-state index in [9.17, 15) is 4.79 Å². The molecule has 6 heteroatoms. The topological polar surface area (TPSA) is 87.9 Å². The first-order valence-electron chi connectivity index (χ1n) is 9.57. The number of rotatable bonds is 5. The van der Waals surface area contributed by atoms with E-state index in [1.165, 1.54) is 13.3 Å². The molecule has 0 aliphatic rings. The average Bonchev–Trinajstić information content (AvgIpc) is 2.84. The van der Waals surface area contributed by atoms with Gasteiger partial charge in [0.2, 0.25) is 0 Å². The number of nitrogens with zero attached hydrogens (tertiary/aromatic N) is 3. The lowest BCUT2D eigenvalue weighted by atomic mass is 10.0. The van der Waals surface area contributed by atoms with E-state index in [0.29, 0.717) is 11.2 Å². The number of carbonyl (C=O) groups excluding carboxylic acids is 1. The van der Waals surface area contributed by atoms with Crippen molar-refractivity contribution in [2.24, 2.45) is 0 Å². The van der Waals surface area contributed by atoms with Gasteiger partial charge in [-0.1, -0.05) is 60.7 Å². The molecule has 150 valence electrons. The molecule has 4 aromatic rings. The van der Waals surface area contributed by atoms with Gasteiger partial charge in [-0.3, -0.25) is 0 Å². The maximum absolute atomic E-state index is 11.6. The third kappa shape index (κ3) is 4.26. The van der Waals surface area contributed by atoms with Gasteiger partial charge in [0, 0.05) is 23.0 Å². The van der Waals surface area contributed by atoms with Crippen LogP contribution in [0.3, 0.4) is 0 Å². The number of anilines is 1. The van der Waals surface area contributed by atoms with Crippen LogP contribution >= 0.6 is 0 Å². The number of hydrogen-bond donors (Lipinski definition) is 1. The number of fused-ring (bicyclic) bond motifs is 1. The second kappa shape index (κ2) is 8.89. The molecule has 1 aromatic heterocycles. The summed E-state index contributed by atoms with van der Waals surface area (Å²) in [6.07, 6.45) is 1.32. The predicted octanol–water partition coefficient (Wildman–Crippen LogP) is 4.96. The predicted molar refractivity (Wildman–Crippen MR) is 120 cm³/mol. The molecule has 0 atom stereocenters. The molecule has 0 amide bonds. The zero-order chi connectivity index (χ0) is 21.6. The van der Waals surface area contributed by atoms with Gasteiger partial charge in [-0.25, -0.2) is 14.8 Å². The van der Waals surface area contributed by atoms with Gasteiger partial charge in [0.15, 0.2) is 5.57 Å². The number of nitriles is 1.